The molecule has 0 fully saturated rings. The molecule has 0 saturated heterocycles. The van der Waals surface area contributed by atoms with Crippen LogP contribution in [-0.4, -0.2) is 26.6 Å². The van der Waals surface area contributed by atoms with Gasteiger partial charge in [-0.2, -0.15) is 0 Å². The Morgan fingerprint density at radius 3 is 2.19 bits per heavy atom. The standard InChI is InChI=1S/C19H22ClFN2O3S/c1-4-18(19(24)22-13(2)14-5-9-16(21)10-6-14)23(27(3,25)26)17-11-7-15(20)8-12-17/h5-13,18H,4H2,1-3H3,(H,22,24)/t13-,18+/m1/s1. The first kappa shape index (κ1) is 21.2. The van der Waals surface area contributed by atoms with Gasteiger partial charge in [0, 0.05) is 5.02 Å². The van der Waals surface area contributed by atoms with E-state index in [0.717, 1.165) is 16.1 Å². The number of sulfonamides is 1. The fourth-order valence-corrected chi connectivity index (χ4v) is 4.13. The van der Waals surface area contributed by atoms with Crippen LogP contribution >= 0.6 is 11.6 Å². The number of amides is 1. The van der Waals surface area contributed by atoms with Crippen molar-refractivity contribution in [3.05, 3.63) is 64.9 Å². The molecule has 0 heterocycles. The van der Waals surface area contributed by atoms with Crippen molar-refractivity contribution in [3.8, 4) is 0 Å². The number of anilines is 1. The van der Waals surface area contributed by atoms with Crippen LogP contribution in [-0.2, 0) is 14.8 Å². The average Bonchev–Trinajstić information content (AvgIpc) is 2.60. The van der Waals surface area contributed by atoms with Crippen LogP contribution in [0.25, 0.3) is 0 Å². The Morgan fingerprint density at radius 1 is 1.15 bits per heavy atom. The van der Waals surface area contributed by atoms with E-state index in [0.29, 0.717) is 10.7 Å². The highest BCUT2D eigenvalue weighted by atomic mass is 35.5. The zero-order valence-corrected chi connectivity index (χ0v) is 16.9. The van der Waals surface area contributed by atoms with Crippen molar-refractivity contribution in [2.24, 2.45) is 0 Å². The molecule has 2 aromatic rings. The predicted octanol–water partition coefficient (Wildman–Crippen LogP) is 3.90. The van der Waals surface area contributed by atoms with Gasteiger partial charge in [-0.3, -0.25) is 9.10 Å². The first-order chi connectivity index (χ1) is 12.6. The molecule has 8 heteroatoms. The van der Waals surface area contributed by atoms with Crippen LogP contribution in [0.4, 0.5) is 10.1 Å². The molecule has 2 atom stereocenters. The largest absolute Gasteiger partial charge is 0.348 e. The van der Waals surface area contributed by atoms with E-state index < -0.39 is 28.0 Å². The monoisotopic (exact) mass is 412 g/mol. The molecule has 0 spiro atoms. The van der Waals surface area contributed by atoms with Gasteiger partial charge in [-0.05, 0) is 55.3 Å². The van der Waals surface area contributed by atoms with Gasteiger partial charge < -0.3 is 5.32 Å². The Morgan fingerprint density at radius 2 is 1.70 bits per heavy atom. The number of benzene rings is 2. The summed E-state index contributed by atoms with van der Waals surface area (Å²) in [6.45, 7) is 3.49. The number of rotatable bonds is 7. The van der Waals surface area contributed by atoms with E-state index in [1.807, 2.05) is 0 Å². The lowest BCUT2D eigenvalue weighted by Crippen LogP contribution is -2.49. The Hall–Kier alpha value is -2.12. The highest BCUT2D eigenvalue weighted by Gasteiger charge is 2.32. The molecular formula is C19H22ClFN2O3S. The minimum absolute atomic E-state index is 0.275. The number of carbonyl (C=O) groups excluding carboxylic acids is 1. The third-order valence-electron chi connectivity index (χ3n) is 4.14. The van der Waals surface area contributed by atoms with Gasteiger partial charge >= 0.3 is 0 Å². The van der Waals surface area contributed by atoms with Crippen LogP contribution in [0.15, 0.2) is 48.5 Å². The maximum Gasteiger partial charge on any atom is 0.244 e. The van der Waals surface area contributed by atoms with E-state index in [1.165, 1.54) is 12.1 Å². The van der Waals surface area contributed by atoms with Gasteiger partial charge in [0.05, 0.1) is 18.0 Å². The van der Waals surface area contributed by atoms with Gasteiger partial charge in [0.1, 0.15) is 11.9 Å². The van der Waals surface area contributed by atoms with Crippen LogP contribution in [0.5, 0.6) is 0 Å². The van der Waals surface area contributed by atoms with Crippen LogP contribution in [0, 0.1) is 5.82 Å². The lowest BCUT2D eigenvalue weighted by atomic mass is 10.1. The highest BCUT2D eigenvalue weighted by Crippen LogP contribution is 2.25. The van der Waals surface area contributed by atoms with Gasteiger partial charge in [0.25, 0.3) is 0 Å². The zero-order valence-electron chi connectivity index (χ0n) is 15.3. The molecule has 27 heavy (non-hydrogen) atoms. The van der Waals surface area contributed by atoms with E-state index >= 15 is 0 Å². The van der Waals surface area contributed by atoms with Crippen molar-refractivity contribution in [2.75, 3.05) is 10.6 Å². The summed E-state index contributed by atoms with van der Waals surface area (Å²) in [5, 5.41) is 3.27. The molecule has 2 aromatic carbocycles. The Labute approximate surface area is 164 Å². The molecule has 0 aromatic heterocycles. The van der Waals surface area contributed by atoms with Crippen molar-refractivity contribution in [2.45, 2.75) is 32.4 Å². The van der Waals surface area contributed by atoms with Crippen molar-refractivity contribution in [1.82, 2.24) is 5.32 Å². The first-order valence-corrected chi connectivity index (χ1v) is 10.7. The van der Waals surface area contributed by atoms with Gasteiger partial charge in [-0.25, -0.2) is 12.8 Å². The van der Waals surface area contributed by atoms with Crippen LogP contribution < -0.4 is 9.62 Å². The summed E-state index contributed by atoms with van der Waals surface area (Å²) in [4.78, 5) is 12.8. The van der Waals surface area contributed by atoms with E-state index in [-0.39, 0.29) is 12.2 Å². The maximum atomic E-state index is 13.1. The van der Waals surface area contributed by atoms with Crippen LogP contribution in [0.2, 0.25) is 5.02 Å². The summed E-state index contributed by atoms with van der Waals surface area (Å²) in [6.07, 6.45) is 1.33. The average molecular weight is 413 g/mol. The van der Waals surface area contributed by atoms with Crippen molar-refractivity contribution in [3.63, 3.8) is 0 Å². The SMILES string of the molecule is CC[C@@H](C(=O)N[C@H](C)c1ccc(F)cc1)N(c1ccc(Cl)cc1)S(C)(=O)=O. The normalized spacial score (nSPS) is 13.7. The molecule has 1 amide bonds. The molecule has 0 unspecified atom stereocenters. The molecular weight excluding hydrogens is 391 g/mol. The lowest BCUT2D eigenvalue weighted by Gasteiger charge is -2.31. The molecule has 146 valence electrons. The maximum absolute atomic E-state index is 13.1. The quantitative estimate of drug-likeness (QED) is 0.749. The number of hydrogen-bond acceptors (Lipinski definition) is 3. The molecule has 0 aliphatic heterocycles. The third kappa shape index (κ3) is 5.43. The molecule has 0 bridgehead atoms. The van der Waals surface area contributed by atoms with E-state index in [1.54, 1.807) is 50.2 Å². The molecule has 0 saturated carbocycles. The van der Waals surface area contributed by atoms with Gasteiger partial charge in [0.15, 0.2) is 0 Å². The number of carbonyl (C=O) groups is 1. The summed E-state index contributed by atoms with van der Waals surface area (Å²) >= 11 is 5.88. The summed E-state index contributed by atoms with van der Waals surface area (Å²) in [7, 11) is -3.71. The van der Waals surface area contributed by atoms with E-state index in [2.05, 4.69) is 5.32 Å². The number of halogens is 2. The van der Waals surface area contributed by atoms with Crippen LogP contribution in [0.1, 0.15) is 31.9 Å². The molecule has 2 rings (SSSR count). The lowest BCUT2D eigenvalue weighted by molar-refractivity contribution is -0.122. The second-order valence-corrected chi connectivity index (χ2v) is 8.54. The molecule has 0 aliphatic rings. The number of nitrogens with zero attached hydrogens (tertiary/aromatic N) is 1. The van der Waals surface area contributed by atoms with Crippen molar-refractivity contribution in [1.29, 1.82) is 0 Å². The molecule has 0 aliphatic carbocycles. The molecule has 0 radical (unpaired) electrons. The Balaban J connectivity index is 2.28. The summed E-state index contributed by atoms with van der Waals surface area (Å²) in [5.74, 6) is -0.801. The van der Waals surface area contributed by atoms with Gasteiger partial charge in [-0.15, -0.1) is 0 Å². The van der Waals surface area contributed by atoms with Gasteiger partial charge in [0.2, 0.25) is 15.9 Å². The number of hydrogen-bond donors (Lipinski definition) is 1. The first-order valence-electron chi connectivity index (χ1n) is 8.44. The fraction of sp³-hybridized carbons (Fsp3) is 0.316. The minimum atomic E-state index is -3.71. The Kier molecular flexibility index (Phi) is 6.84. The van der Waals surface area contributed by atoms with Gasteiger partial charge in [-0.1, -0.05) is 30.7 Å². The third-order valence-corrected chi connectivity index (χ3v) is 5.57. The Bertz CT molecular complexity index is 886. The van der Waals surface area contributed by atoms with E-state index in [4.69, 9.17) is 11.6 Å². The number of nitrogens with one attached hydrogen (secondary N) is 1. The zero-order chi connectivity index (χ0) is 20.2. The van der Waals surface area contributed by atoms with E-state index in [9.17, 15) is 17.6 Å². The predicted molar refractivity (Wildman–Crippen MR) is 106 cm³/mol. The summed E-state index contributed by atoms with van der Waals surface area (Å²) in [5.41, 5.74) is 1.08. The topological polar surface area (TPSA) is 66.5 Å². The second kappa shape index (κ2) is 8.71. The summed E-state index contributed by atoms with van der Waals surface area (Å²) < 4.78 is 38.9. The smallest absolute Gasteiger partial charge is 0.244 e. The molecule has 1 N–H and O–H groups in total. The molecule has 5 nitrogen and oxygen atoms in total. The van der Waals surface area contributed by atoms with Crippen LogP contribution in [0.3, 0.4) is 0 Å². The highest BCUT2D eigenvalue weighted by molar-refractivity contribution is 7.92. The van der Waals surface area contributed by atoms with Crippen molar-refractivity contribution < 1.29 is 17.6 Å². The second-order valence-electron chi connectivity index (χ2n) is 6.24. The summed E-state index contributed by atoms with van der Waals surface area (Å²) in [6, 6.07) is 10.7. The minimum Gasteiger partial charge on any atom is -0.348 e. The van der Waals surface area contributed by atoms with Crippen molar-refractivity contribution >= 4 is 33.2 Å². The fourth-order valence-electron chi connectivity index (χ4n) is 2.79.